The lowest BCUT2D eigenvalue weighted by molar-refractivity contribution is -0.159. The van der Waals surface area contributed by atoms with Crippen LogP contribution in [0.15, 0.2) is 24.3 Å². The molecule has 0 amide bonds. The highest BCUT2D eigenvalue weighted by Gasteiger charge is 2.45. The van der Waals surface area contributed by atoms with Gasteiger partial charge in [-0.2, -0.15) is 0 Å². The third-order valence-corrected chi connectivity index (χ3v) is 2.32. The van der Waals surface area contributed by atoms with Crippen molar-refractivity contribution >= 4 is 11.9 Å². The summed E-state index contributed by atoms with van der Waals surface area (Å²) < 4.78 is 4.43. The molecule has 0 heterocycles. The Bertz CT molecular complexity index is 430. The van der Waals surface area contributed by atoms with Crippen LogP contribution in [0.4, 0.5) is 0 Å². The van der Waals surface area contributed by atoms with Crippen LogP contribution in [0.25, 0.3) is 0 Å². The van der Waals surface area contributed by atoms with E-state index in [4.69, 9.17) is 10.8 Å². The van der Waals surface area contributed by atoms with Crippen LogP contribution in [0.5, 0.6) is 0 Å². The van der Waals surface area contributed by atoms with Crippen LogP contribution in [0, 0.1) is 6.92 Å². The number of nitrogens with two attached hydrogens (primary N) is 1. The third-order valence-electron chi connectivity index (χ3n) is 2.32. The van der Waals surface area contributed by atoms with E-state index in [1.807, 2.05) is 0 Å². The highest BCUT2D eigenvalue weighted by Crippen LogP contribution is 2.21. The number of aliphatic carboxylic acids is 1. The monoisotopic (exact) mass is 223 g/mol. The molecule has 16 heavy (non-hydrogen) atoms. The van der Waals surface area contributed by atoms with Gasteiger partial charge in [0.15, 0.2) is 0 Å². The first-order chi connectivity index (χ1) is 7.42. The van der Waals surface area contributed by atoms with Crippen molar-refractivity contribution in [2.45, 2.75) is 12.5 Å². The molecular weight excluding hydrogens is 210 g/mol. The van der Waals surface area contributed by atoms with Gasteiger partial charge in [-0.25, -0.2) is 9.59 Å². The molecular formula is C11H13NO4. The summed E-state index contributed by atoms with van der Waals surface area (Å²) in [6.45, 7) is 1.78. The van der Waals surface area contributed by atoms with Gasteiger partial charge >= 0.3 is 11.9 Å². The van der Waals surface area contributed by atoms with E-state index in [0.29, 0.717) is 0 Å². The molecule has 1 aromatic rings. The Morgan fingerprint density at radius 1 is 1.44 bits per heavy atom. The number of hydrogen-bond acceptors (Lipinski definition) is 4. The van der Waals surface area contributed by atoms with E-state index in [1.54, 1.807) is 25.1 Å². The summed E-state index contributed by atoms with van der Waals surface area (Å²) in [5.41, 5.74) is 4.48. The summed E-state index contributed by atoms with van der Waals surface area (Å²) in [6.07, 6.45) is 0. The minimum Gasteiger partial charge on any atom is -0.479 e. The average Bonchev–Trinajstić information content (AvgIpc) is 2.26. The lowest BCUT2D eigenvalue weighted by Gasteiger charge is -2.22. The molecule has 0 aromatic heterocycles. The van der Waals surface area contributed by atoms with E-state index in [1.165, 1.54) is 6.07 Å². The standard InChI is InChI=1S/C11H13NO4/c1-7-4-3-5-8(6-7)11(12,9(13)14)10(15)16-2/h3-6H,12H2,1-2H3,(H,13,14). The maximum Gasteiger partial charge on any atom is 0.342 e. The number of methoxy groups -OCH3 is 1. The molecule has 5 nitrogen and oxygen atoms in total. The van der Waals surface area contributed by atoms with Crippen LogP contribution in [0.2, 0.25) is 0 Å². The van der Waals surface area contributed by atoms with E-state index < -0.39 is 17.5 Å². The zero-order chi connectivity index (χ0) is 12.3. The van der Waals surface area contributed by atoms with Crippen molar-refractivity contribution in [2.75, 3.05) is 7.11 Å². The molecule has 0 saturated carbocycles. The SMILES string of the molecule is COC(=O)C(N)(C(=O)O)c1cccc(C)c1. The zero-order valence-electron chi connectivity index (χ0n) is 9.06. The maximum atomic E-state index is 11.5. The molecule has 0 saturated heterocycles. The summed E-state index contributed by atoms with van der Waals surface area (Å²) in [4.78, 5) is 22.6. The zero-order valence-corrected chi connectivity index (χ0v) is 9.06. The number of carboxylic acids is 1. The fraction of sp³-hybridized carbons (Fsp3) is 0.273. The number of carbonyl (C=O) groups excluding carboxylic acids is 1. The van der Waals surface area contributed by atoms with Gasteiger partial charge in [-0.05, 0) is 12.5 Å². The predicted molar refractivity (Wildman–Crippen MR) is 56.7 cm³/mol. The molecule has 0 bridgehead atoms. The summed E-state index contributed by atoms with van der Waals surface area (Å²) in [7, 11) is 1.10. The Hall–Kier alpha value is -1.88. The number of carbonyl (C=O) groups is 2. The molecule has 0 radical (unpaired) electrons. The van der Waals surface area contributed by atoms with Crippen molar-refractivity contribution in [1.29, 1.82) is 0 Å². The maximum absolute atomic E-state index is 11.5. The summed E-state index contributed by atoms with van der Waals surface area (Å²) >= 11 is 0. The second-order valence-electron chi connectivity index (χ2n) is 3.47. The molecule has 5 heteroatoms. The molecule has 0 fully saturated rings. The van der Waals surface area contributed by atoms with Crippen LogP contribution in [0.1, 0.15) is 11.1 Å². The number of hydrogen-bond donors (Lipinski definition) is 2. The topological polar surface area (TPSA) is 89.6 Å². The number of benzene rings is 1. The molecule has 86 valence electrons. The van der Waals surface area contributed by atoms with Gasteiger partial charge in [0, 0.05) is 0 Å². The number of esters is 1. The van der Waals surface area contributed by atoms with E-state index in [0.717, 1.165) is 12.7 Å². The van der Waals surface area contributed by atoms with Gasteiger partial charge in [0.2, 0.25) is 5.54 Å². The number of rotatable bonds is 3. The third kappa shape index (κ3) is 1.90. The molecule has 1 unspecified atom stereocenters. The van der Waals surface area contributed by atoms with E-state index in [2.05, 4.69) is 4.74 Å². The predicted octanol–water partition coefficient (Wildman–Crippen LogP) is 0.407. The lowest BCUT2D eigenvalue weighted by Crippen LogP contribution is -2.52. The highest BCUT2D eigenvalue weighted by molar-refractivity contribution is 6.04. The van der Waals surface area contributed by atoms with Gasteiger partial charge in [0.05, 0.1) is 7.11 Å². The van der Waals surface area contributed by atoms with Crippen molar-refractivity contribution < 1.29 is 19.4 Å². The van der Waals surface area contributed by atoms with Crippen LogP contribution in [-0.2, 0) is 19.9 Å². The van der Waals surface area contributed by atoms with Crippen molar-refractivity contribution in [2.24, 2.45) is 5.73 Å². The van der Waals surface area contributed by atoms with Crippen LogP contribution < -0.4 is 5.73 Å². The van der Waals surface area contributed by atoms with Gasteiger partial charge in [0.25, 0.3) is 0 Å². The van der Waals surface area contributed by atoms with Gasteiger partial charge in [0.1, 0.15) is 0 Å². The second-order valence-corrected chi connectivity index (χ2v) is 3.47. The Kier molecular flexibility index (Phi) is 3.29. The Morgan fingerprint density at radius 2 is 2.06 bits per heavy atom. The lowest BCUT2D eigenvalue weighted by atomic mass is 9.90. The van der Waals surface area contributed by atoms with Crippen molar-refractivity contribution in [3.8, 4) is 0 Å². The first-order valence-corrected chi connectivity index (χ1v) is 4.60. The van der Waals surface area contributed by atoms with Gasteiger partial charge in [-0.3, -0.25) is 0 Å². The minimum absolute atomic E-state index is 0.201. The smallest absolute Gasteiger partial charge is 0.342 e. The molecule has 1 atom stereocenters. The summed E-state index contributed by atoms with van der Waals surface area (Å²) in [5.74, 6) is -2.43. The minimum atomic E-state index is -2.15. The fourth-order valence-corrected chi connectivity index (χ4v) is 1.38. The second kappa shape index (κ2) is 4.32. The molecule has 1 rings (SSSR count). The highest BCUT2D eigenvalue weighted by atomic mass is 16.5. The number of carboxylic acid groups (broad SMARTS) is 1. The molecule has 0 spiro atoms. The number of ether oxygens (including phenoxy) is 1. The quantitative estimate of drug-likeness (QED) is 0.572. The molecule has 1 aromatic carbocycles. The fourth-order valence-electron chi connectivity index (χ4n) is 1.38. The summed E-state index contributed by atoms with van der Waals surface area (Å²) in [5, 5.41) is 9.05. The first-order valence-electron chi connectivity index (χ1n) is 4.60. The Morgan fingerprint density at radius 3 is 2.50 bits per heavy atom. The van der Waals surface area contributed by atoms with Gasteiger partial charge in [-0.1, -0.05) is 29.8 Å². The largest absolute Gasteiger partial charge is 0.479 e. The van der Waals surface area contributed by atoms with Gasteiger partial charge < -0.3 is 15.6 Å². The molecule has 0 aliphatic rings. The molecule has 0 aliphatic heterocycles. The van der Waals surface area contributed by atoms with Crippen molar-refractivity contribution in [3.63, 3.8) is 0 Å². The van der Waals surface area contributed by atoms with Crippen molar-refractivity contribution in [1.82, 2.24) is 0 Å². The van der Waals surface area contributed by atoms with E-state index in [9.17, 15) is 9.59 Å². The first kappa shape index (κ1) is 12.2. The van der Waals surface area contributed by atoms with Crippen LogP contribution >= 0.6 is 0 Å². The molecule has 3 N–H and O–H groups in total. The van der Waals surface area contributed by atoms with Crippen molar-refractivity contribution in [3.05, 3.63) is 35.4 Å². The normalized spacial score (nSPS) is 13.9. The van der Waals surface area contributed by atoms with E-state index >= 15 is 0 Å². The average molecular weight is 223 g/mol. The Balaban J connectivity index is 3.33. The van der Waals surface area contributed by atoms with Gasteiger partial charge in [-0.15, -0.1) is 0 Å². The summed E-state index contributed by atoms with van der Waals surface area (Å²) in [6, 6.07) is 6.45. The molecule has 0 aliphatic carbocycles. The van der Waals surface area contributed by atoms with Crippen LogP contribution in [0.3, 0.4) is 0 Å². The number of aryl methyl sites for hydroxylation is 1. The van der Waals surface area contributed by atoms with E-state index in [-0.39, 0.29) is 5.56 Å². The Labute approximate surface area is 92.8 Å². The van der Waals surface area contributed by atoms with Crippen LogP contribution in [-0.4, -0.2) is 24.2 Å².